The van der Waals surface area contributed by atoms with Gasteiger partial charge in [-0.25, -0.2) is 9.97 Å². The van der Waals surface area contributed by atoms with Gasteiger partial charge in [0.1, 0.15) is 0 Å². The number of nitrogens with one attached hydrogen (secondary N) is 1. The minimum absolute atomic E-state index is 0.0644. The van der Waals surface area contributed by atoms with Crippen LogP contribution in [-0.4, -0.2) is 29.5 Å². The number of hydrogen-bond donors (Lipinski definition) is 1. The predicted octanol–water partition coefficient (Wildman–Crippen LogP) is 1.19. The summed E-state index contributed by atoms with van der Waals surface area (Å²) in [6.07, 6.45) is 4.47. The molecule has 0 bridgehead atoms. The van der Waals surface area contributed by atoms with E-state index in [-0.39, 0.29) is 5.91 Å². The van der Waals surface area contributed by atoms with Gasteiger partial charge in [-0.3, -0.25) is 4.79 Å². The van der Waals surface area contributed by atoms with E-state index < -0.39 is 0 Å². The number of aromatic nitrogens is 2. The highest BCUT2D eigenvalue weighted by Gasteiger charge is 2.04. The van der Waals surface area contributed by atoms with E-state index in [0.29, 0.717) is 24.8 Å². The maximum absolute atomic E-state index is 11.5. The normalized spacial score (nSPS) is 10.4. The van der Waals surface area contributed by atoms with Crippen LogP contribution in [0.25, 0.3) is 0 Å². The summed E-state index contributed by atoms with van der Waals surface area (Å²) in [5, 5.41) is 2.87. The van der Waals surface area contributed by atoms with Crippen LogP contribution in [0.1, 0.15) is 25.8 Å². The van der Waals surface area contributed by atoms with E-state index in [2.05, 4.69) is 29.1 Å². The molecule has 0 atom stereocenters. The third-order valence-corrected chi connectivity index (χ3v) is 2.21. The molecule has 0 aliphatic rings. The number of amides is 1. The molecule has 0 unspecified atom stereocenters. The smallest absolute Gasteiger partial charge is 0.316 e. The summed E-state index contributed by atoms with van der Waals surface area (Å²) in [5.74, 6) is 0.540. The number of ether oxygens (including phenoxy) is 1. The Morgan fingerprint density at radius 1 is 1.41 bits per heavy atom. The van der Waals surface area contributed by atoms with Gasteiger partial charge < -0.3 is 10.1 Å². The fourth-order valence-corrected chi connectivity index (χ4v) is 1.24. The minimum atomic E-state index is 0.0644. The topological polar surface area (TPSA) is 64.1 Å². The SMILES string of the molecule is COc1ncc(CCC(=O)NCC(C)C)cn1. The second-order valence-electron chi connectivity index (χ2n) is 4.28. The average molecular weight is 237 g/mol. The van der Waals surface area contributed by atoms with Crippen LogP contribution in [0, 0.1) is 5.92 Å². The molecule has 0 saturated heterocycles. The number of rotatable bonds is 6. The third-order valence-electron chi connectivity index (χ3n) is 2.21. The molecule has 0 aliphatic heterocycles. The van der Waals surface area contributed by atoms with Crippen LogP contribution in [0.15, 0.2) is 12.4 Å². The van der Waals surface area contributed by atoms with E-state index >= 15 is 0 Å². The van der Waals surface area contributed by atoms with Crippen LogP contribution >= 0.6 is 0 Å². The quantitative estimate of drug-likeness (QED) is 0.807. The highest BCUT2D eigenvalue weighted by atomic mass is 16.5. The highest BCUT2D eigenvalue weighted by Crippen LogP contribution is 2.04. The predicted molar refractivity (Wildman–Crippen MR) is 64.8 cm³/mol. The summed E-state index contributed by atoms with van der Waals surface area (Å²) < 4.78 is 4.86. The van der Waals surface area contributed by atoms with Gasteiger partial charge in [0.2, 0.25) is 5.91 Å². The average Bonchev–Trinajstić information content (AvgIpc) is 2.34. The molecule has 1 N–H and O–H groups in total. The van der Waals surface area contributed by atoms with Crippen molar-refractivity contribution in [2.45, 2.75) is 26.7 Å². The van der Waals surface area contributed by atoms with Gasteiger partial charge >= 0.3 is 6.01 Å². The second-order valence-corrected chi connectivity index (χ2v) is 4.28. The van der Waals surface area contributed by atoms with Crippen molar-refractivity contribution in [3.05, 3.63) is 18.0 Å². The summed E-state index contributed by atoms with van der Waals surface area (Å²) in [5.41, 5.74) is 0.936. The zero-order valence-corrected chi connectivity index (χ0v) is 10.6. The van der Waals surface area contributed by atoms with E-state index in [0.717, 1.165) is 12.1 Å². The van der Waals surface area contributed by atoms with Gasteiger partial charge in [-0.15, -0.1) is 0 Å². The molecule has 5 heteroatoms. The highest BCUT2D eigenvalue weighted by molar-refractivity contribution is 5.76. The summed E-state index contributed by atoms with van der Waals surface area (Å²) >= 11 is 0. The first-order valence-corrected chi connectivity index (χ1v) is 5.73. The molecule has 94 valence electrons. The van der Waals surface area contributed by atoms with Crippen LogP contribution in [0.4, 0.5) is 0 Å². The van der Waals surface area contributed by atoms with Crippen molar-refractivity contribution >= 4 is 5.91 Å². The summed E-state index contributed by atoms with van der Waals surface area (Å²) in [6.45, 7) is 4.85. The molecule has 1 amide bonds. The number of methoxy groups -OCH3 is 1. The van der Waals surface area contributed by atoms with Gasteiger partial charge in [-0.2, -0.15) is 0 Å². The molecule has 0 saturated carbocycles. The van der Waals surface area contributed by atoms with Crippen molar-refractivity contribution < 1.29 is 9.53 Å². The molecule has 5 nitrogen and oxygen atoms in total. The van der Waals surface area contributed by atoms with E-state index in [1.54, 1.807) is 12.4 Å². The molecule has 1 aromatic heterocycles. The number of carbonyl (C=O) groups excluding carboxylic acids is 1. The number of hydrogen-bond acceptors (Lipinski definition) is 4. The zero-order chi connectivity index (χ0) is 12.7. The maximum atomic E-state index is 11.5. The Kier molecular flexibility index (Phi) is 5.39. The van der Waals surface area contributed by atoms with Gasteiger partial charge in [0.15, 0.2) is 0 Å². The van der Waals surface area contributed by atoms with Crippen molar-refractivity contribution in [3.63, 3.8) is 0 Å². The molecular weight excluding hydrogens is 218 g/mol. The summed E-state index contributed by atoms with van der Waals surface area (Å²) in [4.78, 5) is 19.4. The molecule has 1 rings (SSSR count). The van der Waals surface area contributed by atoms with Crippen LogP contribution in [0.5, 0.6) is 6.01 Å². The third kappa shape index (κ3) is 5.29. The Morgan fingerprint density at radius 3 is 2.59 bits per heavy atom. The lowest BCUT2D eigenvalue weighted by Gasteiger charge is -2.07. The standard InChI is InChI=1S/C12H19N3O2/c1-9(2)6-13-11(16)5-4-10-7-14-12(17-3)15-8-10/h7-9H,4-6H2,1-3H3,(H,13,16). The van der Waals surface area contributed by atoms with Gasteiger partial charge in [0.25, 0.3) is 0 Å². The first-order valence-electron chi connectivity index (χ1n) is 5.73. The fourth-order valence-electron chi connectivity index (χ4n) is 1.24. The maximum Gasteiger partial charge on any atom is 0.316 e. The molecular formula is C12H19N3O2. The monoisotopic (exact) mass is 237 g/mol. The molecule has 0 radical (unpaired) electrons. The van der Waals surface area contributed by atoms with Crippen molar-refractivity contribution in [2.75, 3.05) is 13.7 Å². The first kappa shape index (κ1) is 13.4. The minimum Gasteiger partial charge on any atom is -0.467 e. The van der Waals surface area contributed by atoms with Crippen molar-refractivity contribution in [3.8, 4) is 6.01 Å². The molecule has 0 aliphatic carbocycles. The van der Waals surface area contributed by atoms with Crippen LogP contribution in [0.2, 0.25) is 0 Å². The zero-order valence-electron chi connectivity index (χ0n) is 10.6. The van der Waals surface area contributed by atoms with E-state index in [4.69, 9.17) is 4.74 Å². The number of aryl methyl sites for hydroxylation is 1. The Labute approximate surface area is 102 Å². The summed E-state index contributed by atoms with van der Waals surface area (Å²) in [6, 6.07) is 0.345. The van der Waals surface area contributed by atoms with Crippen molar-refractivity contribution in [1.29, 1.82) is 0 Å². The van der Waals surface area contributed by atoms with Crippen LogP contribution in [-0.2, 0) is 11.2 Å². The molecule has 0 aromatic carbocycles. The second kappa shape index (κ2) is 6.83. The van der Waals surface area contributed by atoms with Crippen molar-refractivity contribution in [1.82, 2.24) is 15.3 Å². The van der Waals surface area contributed by atoms with E-state index in [1.165, 1.54) is 7.11 Å². The molecule has 1 aromatic rings. The lowest BCUT2D eigenvalue weighted by molar-refractivity contribution is -0.121. The molecule has 17 heavy (non-hydrogen) atoms. The fraction of sp³-hybridized carbons (Fsp3) is 0.583. The van der Waals surface area contributed by atoms with Crippen molar-refractivity contribution in [2.24, 2.45) is 5.92 Å². The Hall–Kier alpha value is -1.65. The summed E-state index contributed by atoms with van der Waals surface area (Å²) in [7, 11) is 1.52. The molecule has 1 heterocycles. The van der Waals surface area contributed by atoms with Gasteiger partial charge in [-0.1, -0.05) is 13.8 Å². The van der Waals surface area contributed by atoms with Gasteiger partial charge in [0.05, 0.1) is 7.11 Å². The van der Waals surface area contributed by atoms with E-state index in [1.807, 2.05) is 0 Å². The van der Waals surface area contributed by atoms with Crippen LogP contribution in [0.3, 0.4) is 0 Å². The largest absolute Gasteiger partial charge is 0.467 e. The van der Waals surface area contributed by atoms with E-state index in [9.17, 15) is 4.79 Å². The first-order chi connectivity index (χ1) is 8.11. The Balaban J connectivity index is 2.31. The molecule has 0 fully saturated rings. The lowest BCUT2D eigenvalue weighted by Crippen LogP contribution is -2.27. The Bertz CT molecular complexity index is 349. The Morgan fingerprint density at radius 2 is 2.06 bits per heavy atom. The number of nitrogens with zero attached hydrogens (tertiary/aromatic N) is 2. The van der Waals surface area contributed by atoms with Gasteiger partial charge in [-0.05, 0) is 17.9 Å². The van der Waals surface area contributed by atoms with Gasteiger partial charge in [0, 0.05) is 25.4 Å². The lowest BCUT2D eigenvalue weighted by atomic mass is 10.2. The molecule has 0 spiro atoms. The van der Waals surface area contributed by atoms with Crippen LogP contribution < -0.4 is 10.1 Å². The number of carbonyl (C=O) groups is 1.